The number of hydrogen-bond donors (Lipinski definition) is 2. The molecule has 116 valence electrons. The zero-order valence-corrected chi connectivity index (χ0v) is 13.6. The fourth-order valence-corrected chi connectivity index (χ4v) is 2.23. The molecule has 0 amide bonds. The van der Waals surface area contributed by atoms with Gasteiger partial charge in [-0.2, -0.15) is 10.2 Å². The van der Waals surface area contributed by atoms with Gasteiger partial charge in [0.15, 0.2) is 0 Å². The van der Waals surface area contributed by atoms with E-state index in [0.29, 0.717) is 13.1 Å². The minimum atomic E-state index is 0.0467. The Labute approximate surface area is 138 Å². The fraction of sp³-hybridized carbons (Fsp3) is 0.250. The van der Waals surface area contributed by atoms with Crippen molar-refractivity contribution in [1.29, 1.82) is 0 Å². The third-order valence-electron chi connectivity index (χ3n) is 3.06. The second-order valence-electron chi connectivity index (χ2n) is 4.63. The number of benzene rings is 2. The molecular weight excluding hydrogens is 346 g/mol. The van der Waals surface area contributed by atoms with Crippen molar-refractivity contribution in [3.63, 3.8) is 0 Å². The number of anilines is 1. The molecule has 0 spiro atoms. The lowest BCUT2D eigenvalue weighted by atomic mass is 10.2. The summed E-state index contributed by atoms with van der Waals surface area (Å²) in [6.45, 7) is 1.07. The number of azo groups is 1. The van der Waals surface area contributed by atoms with Crippen LogP contribution in [0.1, 0.15) is 0 Å². The highest BCUT2D eigenvalue weighted by molar-refractivity contribution is 9.10. The largest absolute Gasteiger partial charge is 0.395 e. The maximum atomic E-state index is 9.05. The molecule has 0 saturated carbocycles. The summed E-state index contributed by atoms with van der Waals surface area (Å²) in [4.78, 5) is 1.91. The van der Waals surface area contributed by atoms with Crippen molar-refractivity contribution >= 4 is 33.0 Å². The van der Waals surface area contributed by atoms with Gasteiger partial charge in [0.2, 0.25) is 0 Å². The molecule has 0 fully saturated rings. The average molecular weight is 364 g/mol. The summed E-state index contributed by atoms with van der Waals surface area (Å²) in [5.74, 6) is 0. The Morgan fingerprint density at radius 2 is 1.23 bits per heavy atom. The van der Waals surface area contributed by atoms with Gasteiger partial charge in [0.1, 0.15) is 0 Å². The quantitative estimate of drug-likeness (QED) is 0.737. The van der Waals surface area contributed by atoms with Gasteiger partial charge in [-0.25, -0.2) is 0 Å². The minimum absolute atomic E-state index is 0.0467. The molecule has 2 N–H and O–H groups in total. The van der Waals surface area contributed by atoms with Crippen molar-refractivity contribution in [3.8, 4) is 0 Å². The Morgan fingerprint density at radius 3 is 1.68 bits per heavy atom. The van der Waals surface area contributed by atoms with Gasteiger partial charge in [-0.15, -0.1) is 0 Å². The lowest BCUT2D eigenvalue weighted by molar-refractivity contribution is 0.281. The maximum absolute atomic E-state index is 9.05. The summed E-state index contributed by atoms with van der Waals surface area (Å²) >= 11 is 3.38. The van der Waals surface area contributed by atoms with Crippen molar-refractivity contribution < 1.29 is 10.2 Å². The molecule has 6 heteroatoms. The maximum Gasteiger partial charge on any atom is 0.0858 e. The smallest absolute Gasteiger partial charge is 0.0858 e. The number of nitrogens with zero attached hydrogens (tertiary/aromatic N) is 3. The van der Waals surface area contributed by atoms with Gasteiger partial charge in [-0.3, -0.25) is 0 Å². The van der Waals surface area contributed by atoms with Crippen LogP contribution in [-0.4, -0.2) is 36.5 Å². The first kappa shape index (κ1) is 16.6. The molecule has 0 saturated heterocycles. The lowest BCUT2D eigenvalue weighted by Gasteiger charge is -2.22. The Morgan fingerprint density at radius 1 is 0.773 bits per heavy atom. The highest BCUT2D eigenvalue weighted by atomic mass is 79.9. The molecule has 0 unspecified atom stereocenters. The van der Waals surface area contributed by atoms with Gasteiger partial charge in [0, 0.05) is 23.2 Å². The van der Waals surface area contributed by atoms with Crippen LogP contribution < -0.4 is 4.90 Å². The monoisotopic (exact) mass is 363 g/mol. The summed E-state index contributed by atoms with van der Waals surface area (Å²) in [6, 6.07) is 15.1. The van der Waals surface area contributed by atoms with Crippen molar-refractivity contribution in [2.45, 2.75) is 0 Å². The minimum Gasteiger partial charge on any atom is -0.395 e. The summed E-state index contributed by atoms with van der Waals surface area (Å²) in [6.07, 6.45) is 0. The van der Waals surface area contributed by atoms with Crippen molar-refractivity contribution in [3.05, 3.63) is 53.0 Å². The number of hydrogen-bond acceptors (Lipinski definition) is 5. The summed E-state index contributed by atoms with van der Waals surface area (Å²) in [5, 5.41) is 26.5. The van der Waals surface area contributed by atoms with Crippen LogP contribution in [0.25, 0.3) is 0 Å². The molecule has 2 rings (SSSR count). The molecule has 0 heterocycles. The molecule has 2 aromatic rings. The first-order valence-corrected chi connectivity index (χ1v) is 7.76. The standard InChI is InChI=1S/C16H18BrN3O2/c17-13-1-3-14(4-2-13)18-19-15-5-7-16(8-6-15)20(9-11-21)10-12-22/h1-8,21-22H,9-12H2. The van der Waals surface area contributed by atoms with E-state index in [1.807, 2.05) is 53.4 Å². The fourth-order valence-electron chi connectivity index (χ4n) is 1.96. The second kappa shape index (κ2) is 8.63. The first-order chi connectivity index (χ1) is 10.7. The van der Waals surface area contributed by atoms with E-state index < -0.39 is 0 Å². The van der Waals surface area contributed by atoms with Gasteiger partial charge in [0.25, 0.3) is 0 Å². The van der Waals surface area contributed by atoms with Crippen LogP contribution in [0, 0.1) is 0 Å². The van der Waals surface area contributed by atoms with Gasteiger partial charge >= 0.3 is 0 Å². The molecule has 0 aromatic heterocycles. The van der Waals surface area contributed by atoms with Gasteiger partial charge in [-0.05, 0) is 48.5 Å². The third-order valence-corrected chi connectivity index (χ3v) is 3.59. The Kier molecular flexibility index (Phi) is 6.51. The number of rotatable bonds is 7. The molecule has 0 aliphatic heterocycles. The Balaban J connectivity index is 2.06. The molecule has 2 aromatic carbocycles. The van der Waals surface area contributed by atoms with E-state index in [2.05, 4.69) is 26.2 Å². The summed E-state index contributed by atoms with van der Waals surface area (Å²) < 4.78 is 1.00. The predicted octanol–water partition coefficient (Wildman–Crippen LogP) is 3.66. The summed E-state index contributed by atoms with van der Waals surface area (Å²) in [7, 11) is 0. The Bertz CT molecular complexity index is 594. The van der Waals surface area contributed by atoms with E-state index in [1.165, 1.54) is 0 Å². The van der Waals surface area contributed by atoms with E-state index in [0.717, 1.165) is 21.5 Å². The average Bonchev–Trinajstić information content (AvgIpc) is 2.55. The van der Waals surface area contributed by atoms with E-state index >= 15 is 0 Å². The molecule has 22 heavy (non-hydrogen) atoms. The molecular formula is C16H18BrN3O2. The number of aliphatic hydroxyl groups excluding tert-OH is 2. The van der Waals surface area contributed by atoms with Gasteiger partial charge in [-0.1, -0.05) is 15.9 Å². The SMILES string of the molecule is OCCN(CCO)c1ccc(N=Nc2ccc(Br)cc2)cc1. The number of aliphatic hydroxyl groups is 2. The highest BCUT2D eigenvalue weighted by Gasteiger charge is 2.04. The highest BCUT2D eigenvalue weighted by Crippen LogP contribution is 2.23. The zero-order chi connectivity index (χ0) is 15.8. The first-order valence-electron chi connectivity index (χ1n) is 6.97. The molecule has 0 aliphatic carbocycles. The van der Waals surface area contributed by atoms with Crippen LogP contribution in [0.5, 0.6) is 0 Å². The zero-order valence-electron chi connectivity index (χ0n) is 12.1. The van der Waals surface area contributed by atoms with E-state index in [4.69, 9.17) is 10.2 Å². The topological polar surface area (TPSA) is 68.4 Å². The van der Waals surface area contributed by atoms with E-state index in [9.17, 15) is 0 Å². The van der Waals surface area contributed by atoms with Crippen LogP contribution >= 0.6 is 15.9 Å². The van der Waals surface area contributed by atoms with Crippen molar-refractivity contribution in [1.82, 2.24) is 0 Å². The number of halogens is 1. The molecule has 0 atom stereocenters. The van der Waals surface area contributed by atoms with E-state index in [1.54, 1.807) is 0 Å². The summed E-state index contributed by atoms with van der Waals surface area (Å²) in [5.41, 5.74) is 2.47. The van der Waals surface area contributed by atoms with Crippen LogP contribution in [0.2, 0.25) is 0 Å². The molecule has 0 radical (unpaired) electrons. The lowest BCUT2D eigenvalue weighted by Crippen LogP contribution is -2.29. The van der Waals surface area contributed by atoms with Crippen molar-refractivity contribution in [2.24, 2.45) is 10.2 Å². The van der Waals surface area contributed by atoms with E-state index in [-0.39, 0.29) is 13.2 Å². The van der Waals surface area contributed by atoms with Gasteiger partial charge < -0.3 is 15.1 Å². The van der Waals surface area contributed by atoms with Crippen molar-refractivity contribution in [2.75, 3.05) is 31.2 Å². The van der Waals surface area contributed by atoms with Crippen LogP contribution in [0.3, 0.4) is 0 Å². The van der Waals surface area contributed by atoms with Crippen LogP contribution in [-0.2, 0) is 0 Å². The normalized spacial score (nSPS) is 11.0. The molecule has 0 aliphatic rings. The second-order valence-corrected chi connectivity index (χ2v) is 5.54. The Hall–Kier alpha value is -1.76. The predicted molar refractivity (Wildman–Crippen MR) is 91.1 cm³/mol. The third kappa shape index (κ3) is 4.91. The van der Waals surface area contributed by atoms with Crippen LogP contribution in [0.15, 0.2) is 63.2 Å². The molecule has 5 nitrogen and oxygen atoms in total. The molecule has 0 bridgehead atoms. The van der Waals surface area contributed by atoms with Gasteiger partial charge in [0.05, 0.1) is 24.6 Å². The van der Waals surface area contributed by atoms with Crippen LogP contribution in [0.4, 0.5) is 17.1 Å².